The Kier molecular flexibility index (Phi) is 2.26. The SMILES string of the molecule is CC(C)(C)c1ccc2cc(O)c(=O)oc2c1. The largest absolute Gasteiger partial charge is 0.502 e. The normalized spacial score (nSPS) is 11.9. The van der Waals surface area contributed by atoms with Crippen molar-refractivity contribution < 1.29 is 9.52 Å². The lowest BCUT2D eigenvalue weighted by Gasteiger charge is -2.18. The van der Waals surface area contributed by atoms with Crippen LogP contribution in [0.15, 0.2) is 33.5 Å². The monoisotopic (exact) mass is 218 g/mol. The van der Waals surface area contributed by atoms with Crippen LogP contribution in [0.25, 0.3) is 11.0 Å². The van der Waals surface area contributed by atoms with E-state index in [1.807, 2.05) is 18.2 Å². The summed E-state index contributed by atoms with van der Waals surface area (Å²) in [6, 6.07) is 7.09. The van der Waals surface area contributed by atoms with Crippen molar-refractivity contribution in [1.82, 2.24) is 0 Å². The van der Waals surface area contributed by atoms with Gasteiger partial charge in [0.2, 0.25) is 5.75 Å². The van der Waals surface area contributed by atoms with Gasteiger partial charge in [0.05, 0.1) is 0 Å². The highest BCUT2D eigenvalue weighted by atomic mass is 16.4. The lowest BCUT2D eigenvalue weighted by Crippen LogP contribution is -2.10. The van der Waals surface area contributed by atoms with Crippen LogP contribution in [-0.4, -0.2) is 5.11 Å². The first-order valence-electron chi connectivity index (χ1n) is 5.15. The van der Waals surface area contributed by atoms with E-state index in [0.717, 1.165) is 10.9 Å². The molecule has 0 spiro atoms. The molecule has 2 aromatic rings. The minimum Gasteiger partial charge on any atom is -0.502 e. The van der Waals surface area contributed by atoms with E-state index in [1.165, 1.54) is 6.07 Å². The summed E-state index contributed by atoms with van der Waals surface area (Å²) in [5.41, 5.74) is 0.910. The lowest BCUT2D eigenvalue weighted by molar-refractivity contribution is 0.428. The number of benzene rings is 1. The molecule has 0 bridgehead atoms. The van der Waals surface area contributed by atoms with Gasteiger partial charge in [0.25, 0.3) is 0 Å². The molecule has 0 saturated carbocycles. The first-order chi connectivity index (χ1) is 7.38. The summed E-state index contributed by atoms with van der Waals surface area (Å²) in [4.78, 5) is 11.2. The Morgan fingerprint density at radius 2 is 1.88 bits per heavy atom. The molecule has 1 aromatic carbocycles. The Labute approximate surface area is 93.3 Å². The Bertz CT molecular complexity index is 588. The predicted molar refractivity (Wildman–Crippen MR) is 62.8 cm³/mol. The van der Waals surface area contributed by atoms with Crippen LogP contribution in [0.2, 0.25) is 0 Å². The topological polar surface area (TPSA) is 50.4 Å². The molecule has 16 heavy (non-hydrogen) atoms. The fourth-order valence-corrected chi connectivity index (χ4v) is 1.57. The van der Waals surface area contributed by atoms with E-state index in [4.69, 9.17) is 4.42 Å². The lowest BCUT2D eigenvalue weighted by atomic mass is 9.87. The van der Waals surface area contributed by atoms with E-state index in [0.29, 0.717) is 5.58 Å². The van der Waals surface area contributed by atoms with Gasteiger partial charge in [-0.3, -0.25) is 0 Å². The molecule has 0 atom stereocenters. The second-order valence-electron chi connectivity index (χ2n) is 4.92. The number of hydrogen-bond donors (Lipinski definition) is 1. The van der Waals surface area contributed by atoms with Crippen molar-refractivity contribution in [2.75, 3.05) is 0 Å². The van der Waals surface area contributed by atoms with E-state index in [-0.39, 0.29) is 11.2 Å². The molecule has 2 rings (SSSR count). The molecule has 0 saturated heterocycles. The Hall–Kier alpha value is -1.77. The van der Waals surface area contributed by atoms with Crippen molar-refractivity contribution in [3.63, 3.8) is 0 Å². The maximum absolute atomic E-state index is 11.2. The Balaban J connectivity index is 2.72. The zero-order valence-corrected chi connectivity index (χ0v) is 9.57. The summed E-state index contributed by atoms with van der Waals surface area (Å²) in [6.45, 7) is 6.27. The molecule has 0 fully saturated rings. The second kappa shape index (κ2) is 3.37. The molecule has 0 aliphatic carbocycles. The van der Waals surface area contributed by atoms with Crippen molar-refractivity contribution in [3.8, 4) is 5.75 Å². The molecule has 0 unspecified atom stereocenters. The van der Waals surface area contributed by atoms with Crippen molar-refractivity contribution in [2.45, 2.75) is 26.2 Å². The van der Waals surface area contributed by atoms with Gasteiger partial charge in [-0.2, -0.15) is 0 Å². The van der Waals surface area contributed by atoms with Crippen LogP contribution in [0.4, 0.5) is 0 Å². The highest BCUT2D eigenvalue weighted by molar-refractivity contribution is 5.78. The Morgan fingerprint density at radius 1 is 1.19 bits per heavy atom. The van der Waals surface area contributed by atoms with Crippen molar-refractivity contribution in [2.24, 2.45) is 0 Å². The smallest absolute Gasteiger partial charge is 0.378 e. The average molecular weight is 218 g/mol. The zero-order chi connectivity index (χ0) is 11.9. The minimum absolute atomic E-state index is 0.00461. The van der Waals surface area contributed by atoms with E-state index in [2.05, 4.69) is 20.8 Å². The van der Waals surface area contributed by atoms with Gasteiger partial charge in [-0.1, -0.05) is 32.9 Å². The van der Waals surface area contributed by atoms with E-state index in [9.17, 15) is 9.90 Å². The zero-order valence-electron chi connectivity index (χ0n) is 9.57. The quantitative estimate of drug-likeness (QED) is 0.692. The molecular weight excluding hydrogens is 204 g/mol. The molecule has 3 nitrogen and oxygen atoms in total. The van der Waals surface area contributed by atoms with Gasteiger partial charge in [0.1, 0.15) is 5.58 Å². The molecule has 0 aliphatic rings. The number of aromatic hydroxyl groups is 1. The number of rotatable bonds is 0. The van der Waals surface area contributed by atoms with Gasteiger partial charge < -0.3 is 9.52 Å². The highest BCUT2D eigenvalue weighted by Gasteiger charge is 2.14. The molecule has 1 aromatic heterocycles. The van der Waals surface area contributed by atoms with E-state index >= 15 is 0 Å². The molecule has 84 valence electrons. The van der Waals surface area contributed by atoms with E-state index < -0.39 is 5.63 Å². The van der Waals surface area contributed by atoms with Crippen LogP contribution in [0.1, 0.15) is 26.3 Å². The molecule has 0 radical (unpaired) electrons. The standard InChI is InChI=1S/C13H14O3/c1-13(2,3)9-5-4-8-6-10(14)12(15)16-11(8)7-9/h4-7,14H,1-3H3. The van der Waals surface area contributed by atoms with Gasteiger partial charge in [-0.25, -0.2) is 4.79 Å². The molecule has 1 N–H and O–H groups in total. The molecular formula is C13H14O3. The summed E-state index contributed by atoms with van der Waals surface area (Å²) in [5, 5.41) is 9.97. The summed E-state index contributed by atoms with van der Waals surface area (Å²) in [6.07, 6.45) is 0. The third-order valence-electron chi connectivity index (χ3n) is 2.58. The summed E-state index contributed by atoms with van der Waals surface area (Å²) in [7, 11) is 0. The van der Waals surface area contributed by atoms with Crippen molar-refractivity contribution in [3.05, 3.63) is 40.2 Å². The van der Waals surface area contributed by atoms with Crippen LogP contribution in [0.5, 0.6) is 5.75 Å². The first-order valence-corrected chi connectivity index (χ1v) is 5.15. The van der Waals surface area contributed by atoms with Crippen LogP contribution < -0.4 is 5.63 Å². The third kappa shape index (κ3) is 1.81. The molecule has 0 amide bonds. The summed E-state index contributed by atoms with van der Waals surface area (Å²) < 4.78 is 5.02. The van der Waals surface area contributed by atoms with Gasteiger partial charge in [0, 0.05) is 5.39 Å². The fourth-order valence-electron chi connectivity index (χ4n) is 1.57. The maximum Gasteiger partial charge on any atom is 0.378 e. The van der Waals surface area contributed by atoms with Crippen LogP contribution in [0.3, 0.4) is 0 Å². The highest BCUT2D eigenvalue weighted by Crippen LogP contribution is 2.26. The number of hydrogen-bond acceptors (Lipinski definition) is 3. The maximum atomic E-state index is 11.2. The van der Waals surface area contributed by atoms with Crippen LogP contribution in [-0.2, 0) is 5.41 Å². The van der Waals surface area contributed by atoms with E-state index in [1.54, 1.807) is 0 Å². The van der Waals surface area contributed by atoms with Crippen molar-refractivity contribution in [1.29, 1.82) is 0 Å². The van der Waals surface area contributed by atoms with Gasteiger partial charge in [-0.15, -0.1) is 0 Å². The molecule has 1 heterocycles. The van der Waals surface area contributed by atoms with Crippen LogP contribution >= 0.6 is 0 Å². The van der Waals surface area contributed by atoms with Crippen molar-refractivity contribution >= 4 is 11.0 Å². The molecule has 0 aliphatic heterocycles. The third-order valence-corrected chi connectivity index (χ3v) is 2.58. The van der Waals surface area contributed by atoms with Crippen LogP contribution in [0, 0.1) is 0 Å². The second-order valence-corrected chi connectivity index (χ2v) is 4.92. The average Bonchev–Trinajstić information content (AvgIpc) is 2.17. The first kappa shape index (κ1) is 10.7. The summed E-state index contributed by atoms with van der Waals surface area (Å²) >= 11 is 0. The van der Waals surface area contributed by atoms with Gasteiger partial charge >= 0.3 is 5.63 Å². The molecule has 3 heteroatoms. The summed E-state index contributed by atoms with van der Waals surface area (Å²) in [5.74, 6) is -0.351. The minimum atomic E-state index is -0.696. The Morgan fingerprint density at radius 3 is 2.50 bits per heavy atom. The number of fused-ring (bicyclic) bond motifs is 1. The predicted octanol–water partition coefficient (Wildman–Crippen LogP) is 2.80. The van der Waals surface area contributed by atoms with Gasteiger partial charge in [-0.05, 0) is 23.1 Å². The van der Waals surface area contributed by atoms with Gasteiger partial charge in [0.15, 0.2) is 0 Å². The fraction of sp³-hybridized carbons (Fsp3) is 0.308.